The van der Waals surface area contributed by atoms with Gasteiger partial charge in [0.25, 0.3) is 0 Å². The summed E-state index contributed by atoms with van der Waals surface area (Å²) in [7, 11) is 0. The maximum absolute atomic E-state index is 5.53. The molecule has 17 heavy (non-hydrogen) atoms. The van der Waals surface area contributed by atoms with Crippen molar-refractivity contribution >= 4 is 11.0 Å². The van der Waals surface area contributed by atoms with Crippen LogP contribution in [0.2, 0.25) is 0 Å². The van der Waals surface area contributed by atoms with Crippen molar-refractivity contribution in [1.29, 1.82) is 0 Å². The molecule has 0 radical (unpaired) electrons. The molecule has 0 bridgehead atoms. The van der Waals surface area contributed by atoms with Crippen molar-refractivity contribution in [3.63, 3.8) is 0 Å². The average molecular weight is 231 g/mol. The van der Waals surface area contributed by atoms with Gasteiger partial charge >= 0.3 is 0 Å². The molecule has 92 valence electrons. The van der Waals surface area contributed by atoms with Crippen LogP contribution in [-0.4, -0.2) is 6.04 Å². The number of benzene rings is 1. The monoisotopic (exact) mass is 231 g/mol. The zero-order chi connectivity index (χ0) is 12.3. The van der Waals surface area contributed by atoms with E-state index in [1.807, 2.05) is 18.4 Å². The van der Waals surface area contributed by atoms with Gasteiger partial charge in [-0.1, -0.05) is 38.5 Å². The van der Waals surface area contributed by atoms with Gasteiger partial charge in [0, 0.05) is 23.5 Å². The Kier molecular flexibility index (Phi) is 3.85. The molecule has 0 spiro atoms. The van der Waals surface area contributed by atoms with Crippen molar-refractivity contribution in [1.82, 2.24) is 5.32 Å². The minimum absolute atomic E-state index is 0.536. The summed E-state index contributed by atoms with van der Waals surface area (Å²) in [6.45, 7) is 7.64. The van der Waals surface area contributed by atoms with E-state index in [0.717, 1.165) is 12.1 Å². The summed E-state index contributed by atoms with van der Waals surface area (Å²) < 4.78 is 5.53. The van der Waals surface area contributed by atoms with Crippen LogP contribution in [0.25, 0.3) is 11.0 Å². The van der Waals surface area contributed by atoms with Gasteiger partial charge in [-0.3, -0.25) is 0 Å². The van der Waals surface area contributed by atoms with E-state index in [4.69, 9.17) is 4.42 Å². The third-order valence-electron chi connectivity index (χ3n) is 3.67. The molecule has 0 aliphatic heterocycles. The fraction of sp³-hybridized carbons (Fsp3) is 0.467. The van der Waals surface area contributed by atoms with E-state index in [9.17, 15) is 0 Å². The van der Waals surface area contributed by atoms with Gasteiger partial charge in [-0.05, 0) is 18.9 Å². The Morgan fingerprint density at radius 3 is 2.76 bits per heavy atom. The van der Waals surface area contributed by atoms with Gasteiger partial charge in [-0.2, -0.15) is 0 Å². The van der Waals surface area contributed by atoms with Gasteiger partial charge in [0.1, 0.15) is 5.58 Å². The molecule has 0 aliphatic rings. The molecule has 0 saturated heterocycles. The van der Waals surface area contributed by atoms with Crippen LogP contribution < -0.4 is 5.32 Å². The van der Waals surface area contributed by atoms with Crippen LogP contribution in [0, 0.1) is 5.92 Å². The summed E-state index contributed by atoms with van der Waals surface area (Å²) in [5, 5.41) is 4.79. The van der Waals surface area contributed by atoms with Gasteiger partial charge in [0.05, 0.1) is 6.26 Å². The van der Waals surface area contributed by atoms with E-state index in [1.165, 1.54) is 17.4 Å². The lowest BCUT2D eigenvalue weighted by Crippen LogP contribution is -2.31. The lowest BCUT2D eigenvalue weighted by Gasteiger charge is -2.19. The molecule has 2 heteroatoms. The third-order valence-corrected chi connectivity index (χ3v) is 3.67. The Balaban J connectivity index is 2.04. The molecule has 2 atom stereocenters. The Hall–Kier alpha value is -1.28. The maximum Gasteiger partial charge on any atom is 0.134 e. The van der Waals surface area contributed by atoms with E-state index >= 15 is 0 Å². The molecule has 1 aromatic carbocycles. The van der Waals surface area contributed by atoms with E-state index in [0.29, 0.717) is 12.0 Å². The molecule has 0 amide bonds. The number of rotatable bonds is 5. The molecule has 1 aromatic heterocycles. The molecular formula is C15H21NO. The number of furan rings is 1. The SMILES string of the molecule is CCC(C)C(C)NCc1coc2ccccc12. The van der Waals surface area contributed by atoms with Gasteiger partial charge in [0.15, 0.2) is 0 Å². The van der Waals surface area contributed by atoms with Crippen LogP contribution in [0.3, 0.4) is 0 Å². The van der Waals surface area contributed by atoms with Crippen molar-refractivity contribution in [3.05, 3.63) is 36.1 Å². The predicted molar refractivity (Wildman–Crippen MR) is 72.0 cm³/mol. The zero-order valence-electron chi connectivity index (χ0n) is 10.9. The van der Waals surface area contributed by atoms with Crippen molar-refractivity contribution in [2.75, 3.05) is 0 Å². The second-order valence-electron chi connectivity index (χ2n) is 4.81. The number of nitrogens with one attached hydrogen (secondary N) is 1. The molecule has 1 heterocycles. The van der Waals surface area contributed by atoms with Crippen LogP contribution in [0.15, 0.2) is 34.9 Å². The Labute approximate surface area is 103 Å². The van der Waals surface area contributed by atoms with Crippen molar-refractivity contribution in [3.8, 4) is 0 Å². The number of para-hydroxylation sites is 1. The molecule has 0 saturated carbocycles. The summed E-state index contributed by atoms with van der Waals surface area (Å²) >= 11 is 0. The highest BCUT2D eigenvalue weighted by molar-refractivity contribution is 5.80. The smallest absolute Gasteiger partial charge is 0.134 e. The lowest BCUT2D eigenvalue weighted by molar-refractivity contribution is 0.389. The van der Waals surface area contributed by atoms with E-state index < -0.39 is 0 Å². The van der Waals surface area contributed by atoms with Crippen LogP contribution in [-0.2, 0) is 6.54 Å². The topological polar surface area (TPSA) is 25.2 Å². The van der Waals surface area contributed by atoms with E-state index in [2.05, 4.69) is 38.2 Å². The highest BCUT2D eigenvalue weighted by Crippen LogP contribution is 2.20. The third kappa shape index (κ3) is 2.70. The Morgan fingerprint density at radius 1 is 1.24 bits per heavy atom. The summed E-state index contributed by atoms with van der Waals surface area (Å²) in [6.07, 6.45) is 3.07. The first-order valence-electron chi connectivity index (χ1n) is 6.41. The molecule has 2 nitrogen and oxygen atoms in total. The van der Waals surface area contributed by atoms with Gasteiger partial charge in [0.2, 0.25) is 0 Å². The van der Waals surface area contributed by atoms with Crippen LogP contribution >= 0.6 is 0 Å². The summed E-state index contributed by atoms with van der Waals surface area (Å²) in [6, 6.07) is 8.72. The van der Waals surface area contributed by atoms with Crippen LogP contribution in [0.5, 0.6) is 0 Å². The predicted octanol–water partition coefficient (Wildman–Crippen LogP) is 3.96. The van der Waals surface area contributed by atoms with Gasteiger partial charge in [-0.15, -0.1) is 0 Å². The zero-order valence-corrected chi connectivity index (χ0v) is 10.9. The Morgan fingerprint density at radius 2 is 2.00 bits per heavy atom. The largest absolute Gasteiger partial charge is 0.464 e. The van der Waals surface area contributed by atoms with Crippen LogP contribution in [0.1, 0.15) is 32.8 Å². The quantitative estimate of drug-likeness (QED) is 0.842. The summed E-state index contributed by atoms with van der Waals surface area (Å²) in [4.78, 5) is 0. The van der Waals surface area contributed by atoms with Crippen LogP contribution in [0.4, 0.5) is 0 Å². The fourth-order valence-corrected chi connectivity index (χ4v) is 2.00. The Bertz CT molecular complexity index is 474. The van der Waals surface area contributed by atoms with E-state index in [-0.39, 0.29) is 0 Å². The number of hydrogen-bond acceptors (Lipinski definition) is 2. The van der Waals surface area contributed by atoms with Gasteiger partial charge in [-0.25, -0.2) is 0 Å². The molecular weight excluding hydrogens is 210 g/mol. The summed E-state index contributed by atoms with van der Waals surface area (Å²) in [5.74, 6) is 0.702. The molecule has 2 aromatic rings. The molecule has 0 aliphatic carbocycles. The lowest BCUT2D eigenvalue weighted by atomic mass is 10.0. The average Bonchev–Trinajstić information content (AvgIpc) is 2.78. The highest BCUT2D eigenvalue weighted by Gasteiger charge is 2.11. The first kappa shape index (κ1) is 12.2. The number of hydrogen-bond donors (Lipinski definition) is 1. The molecule has 2 unspecified atom stereocenters. The molecule has 0 fully saturated rings. The highest BCUT2D eigenvalue weighted by atomic mass is 16.3. The second kappa shape index (κ2) is 5.37. The normalized spacial score (nSPS) is 15.0. The summed E-state index contributed by atoms with van der Waals surface area (Å²) in [5.41, 5.74) is 2.22. The first-order valence-corrected chi connectivity index (χ1v) is 6.41. The van der Waals surface area contributed by atoms with E-state index in [1.54, 1.807) is 0 Å². The standard InChI is InChI=1S/C15H21NO/c1-4-11(2)12(3)16-9-13-10-17-15-8-6-5-7-14(13)15/h5-8,10-12,16H,4,9H2,1-3H3. The fourth-order valence-electron chi connectivity index (χ4n) is 2.00. The first-order chi connectivity index (χ1) is 8.22. The maximum atomic E-state index is 5.53. The minimum Gasteiger partial charge on any atom is -0.464 e. The van der Waals surface area contributed by atoms with Crippen molar-refractivity contribution in [2.45, 2.75) is 39.8 Å². The second-order valence-corrected chi connectivity index (χ2v) is 4.81. The van der Waals surface area contributed by atoms with Crippen molar-refractivity contribution < 1.29 is 4.42 Å². The number of fused-ring (bicyclic) bond motifs is 1. The molecule has 2 rings (SSSR count). The van der Waals surface area contributed by atoms with Gasteiger partial charge < -0.3 is 9.73 Å². The molecule has 1 N–H and O–H groups in total. The minimum atomic E-state index is 0.536. The van der Waals surface area contributed by atoms with Crippen molar-refractivity contribution in [2.24, 2.45) is 5.92 Å².